The van der Waals surface area contributed by atoms with Crippen LogP contribution in [0.1, 0.15) is 23.2 Å². The van der Waals surface area contributed by atoms with Gasteiger partial charge in [-0.05, 0) is 48.9 Å². The molecule has 0 unspecified atom stereocenters. The van der Waals surface area contributed by atoms with Crippen LogP contribution < -0.4 is 0 Å². The van der Waals surface area contributed by atoms with Gasteiger partial charge in [0.1, 0.15) is 11.5 Å². The van der Waals surface area contributed by atoms with E-state index in [-0.39, 0.29) is 30.2 Å². The number of hydrogen-bond donors (Lipinski definition) is 0. The third kappa shape index (κ3) is 4.89. The molecular formula is C25H23ClFN3O3S. The van der Waals surface area contributed by atoms with Crippen molar-refractivity contribution in [1.82, 2.24) is 14.1 Å². The third-order valence-electron chi connectivity index (χ3n) is 5.57. The van der Waals surface area contributed by atoms with Gasteiger partial charge in [-0.15, -0.1) is 0 Å². The molecule has 0 radical (unpaired) electrons. The number of ketones is 1. The number of aromatic nitrogens is 2. The Balaban J connectivity index is 1.75. The highest BCUT2D eigenvalue weighted by molar-refractivity contribution is 7.89. The standard InChI is InChI=1S/C25H23ClFN3O3S/c1-29(2)34(32,33)15-5-8-24(31)17-9-14-21-23(16-17)30(19-12-10-18(27)11-13-19)28-25(21)20-6-3-4-7-22(20)26/h3-4,6-7,9-14,16H,5,8,15H2,1-2H3. The van der Waals surface area contributed by atoms with Gasteiger partial charge in [0.2, 0.25) is 10.0 Å². The number of carbonyl (C=O) groups is 1. The lowest BCUT2D eigenvalue weighted by Gasteiger charge is -2.10. The molecule has 0 spiro atoms. The van der Waals surface area contributed by atoms with Crippen LogP contribution in [0.3, 0.4) is 0 Å². The van der Waals surface area contributed by atoms with Crippen molar-refractivity contribution in [2.45, 2.75) is 12.8 Å². The highest BCUT2D eigenvalue weighted by atomic mass is 35.5. The molecule has 0 bridgehead atoms. The van der Waals surface area contributed by atoms with Crippen molar-refractivity contribution < 1.29 is 17.6 Å². The Labute approximate surface area is 202 Å². The van der Waals surface area contributed by atoms with Crippen LogP contribution in [0, 0.1) is 5.82 Å². The molecule has 1 aromatic heterocycles. The van der Waals surface area contributed by atoms with E-state index >= 15 is 0 Å². The Bertz CT molecular complexity index is 1460. The summed E-state index contributed by atoms with van der Waals surface area (Å²) in [5, 5.41) is 6.07. The molecule has 6 nitrogen and oxygen atoms in total. The molecule has 1 heterocycles. The number of carbonyl (C=O) groups excluding carboxylic acids is 1. The molecular weight excluding hydrogens is 477 g/mol. The smallest absolute Gasteiger partial charge is 0.213 e. The molecule has 0 N–H and O–H groups in total. The van der Waals surface area contributed by atoms with Gasteiger partial charge in [-0.3, -0.25) is 4.79 Å². The topological polar surface area (TPSA) is 72.3 Å². The average molecular weight is 500 g/mol. The number of fused-ring (bicyclic) bond motifs is 1. The van der Waals surface area contributed by atoms with E-state index in [1.54, 1.807) is 35.0 Å². The maximum atomic E-state index is 13.5. The fourth-order valence-corrected chi connectivity index (χ4v) is 4.76. The fourth-order valence-electron chi connectivity index (χ4n) is 3.66. The van der Waals surface area contributed by atoms with Crippen molar-refractivity contribution in [1.29, 1.82) is 0 Å². The Morgan fingerprint density at radius 1 is 1.06 bits per heavy atom. The number of halogens is 2. The molecule has 0 fully saturated rings. The van der Waals surface area contributed by atoms with Crippen LogP contribution in [0.25, 0.3) is 27.8 Å². The second-order valence-corrected chi connectivity index (χ2v) is 10.8. The van der Waals surface area contributed by atoms with Crippen molar-refractivity contribution in [3.63, 3.8) is 0 Å². The second-order valence-electron chi connectivity index (χ2n) is 8.07. The lowest BCUT2D eigenvalue weighted by Crippen LogP contribution is -2.25. The van der Waals surface area contributed by atoms with E-state index in [1.165, 1.54) is 26.2 Å². The van der Waals surface area contributed by atoms with Gasteiger partial charge < -0.3 is 0 Å². The molecule has 4 aromatic rings. The van der Waals surface area contributed by atoms with Crippen molar-refractivity contribution in [2.75, 3.05) is 19.8 Å². The lowest BCUT2D eigenvalue weighted by atomic mass is 10.0. The van der Waals surface area contributed by atoms with Gasteiger partial charge in [0.15, 0.2) is 5.78 Å². The fraction of sp³-hybridized carbons (Fsp3) is 0.200. The molecule has 0 aliphatic carbocycles. The van der Waals surface area contributed by atoms with Crippen LogP contribution in [-0.2, 0) is 10.0 Å². The van der Waals surface area contributed by atoms with Crippen LogP contribution in [0.4, 0.5) is 4.39 Å². The van der Waals surface area contributed by atoms with Crippen molar-refractivity contribution in [3.05, 3.63) is 83.1 Å². The van der Waals surface area contributed by atoms with Gasteiger partial charge in [-0.2, -0.15) is 5.10 Å². The molecule has 0 aliphatic heterocycles. The van der Waals surface area contributed by atoms with Crippen molar-refractivity contribution in [3.8, 4) is 16.9 Å². The molecule has 0 aliphatic rings. The lowest BCUT2D eigenvalue weighted by molar-refractivity contribution is 0.0982. The normalized spacial score (nSPS) is 11.9. The number of nitrogens with zero attached hydrogens (tertiary/aromatic N) is 3. The Kier molecular flexibility index (Phi) is 6.84. The zero-order valence-electron chi connectivity index (χ0n) is 18.7. The van der Waals surface area contributed by atoms with Crippen molar-refractivity contribution in [2.24, 2.45) is 0 Å². The average Bonchev–Trinajstić information content (AvgIpc) is 3.18. The highest BCUT2D eigenvalue weighted by Crippen LogP contribution is 2.34. The van der Waals surface area contributed by atoms with E-state index in [2.05, 4.69) is 0 Å². The number of rotatable bonds is 8. The quantitative estimate of drug-likeness (QED) is 0.307. The Morgan fingerprint density at radius 3 is 2.44 bits per heavy atom. The predicted molar refractivity (Wildman–Crippen MR) is 133 cm³/mol. The molecule has 9 heteroatoms. The highest BCUT2D eigenvalue weighted by Gasteiger charge is 2.19. The summed E-state index contributed by atoms with van der Waals surface area (Å²) in [6, 6.07) is 18.5. The first-order chi connectivity index (χ1) is 16.2. The first-order valence-corrected chi connectivity index (χ1v) is 12.6. The van der Waals surface area contributed by atoms with E-state index < -0.39 is 10.0 Å². The van der Waals surface area contributed by atoms with E-state index in [4.69, 9.17) is 16.7 Å². The summed E-state index contributed by atoms with van der Waals surface area (Å²) in [6.45, 7) is 0. The van der Waals surface area contributed by atoms with Crippen LogP contribution >= 0.6 is 11.6 Å². The van der Waals surface area contributed by atoms with Crippen LogP contribution in [0.15, 0.2) is 66.7 Å². The molecule has 0 saturated heterocycles. The molecule has 176 valence electrons. The van der Waals surface area contributed by atoms with E-state index in [9.17, 15) is 17.6 Å². The molecule has 0 atom stereocenters. The maximum Gasteiger partial charge on any atom is 0.213 e. The van der Waals surface area contributed by atoms with E-state index in [0.717, 1.165) is 15.3 Å². The summed E-state index contributed by atoms with van der Waals surface area (Å²) < 4.78 is 40.3. The van der Waals surface area contributed by atoms with E-state index in [0.29, 0.717) is 27.5 Å². The summed E-state index contributed by atoms with van der Waals surface area (Å²) in [5.74, 6) is -0.630. The van der Waals surface area contributed by atoms with Crippen LogP contribution in [0.5, 0.6) is 0 Å². The third-order valence-corrected chi connectivity index (χ3v) is 7.81. The minimum absolute atomic E-state index is 0.0978. The van der Waals surface area contributed by atoms with Crippen molar-refractivity contribution >= 4 is 38.3 Å². The number of hydrogen-bond acceptors (Lipinski definition) is 4. The zero-order valence-corrected chi connectivity index (χ0v) is 20.3. The van der Waals surface area contributed by atoms with Crippen LogP contribution in [0.2, 0.25) is 5.02 Å². The SMILES string of the molecule is CN(C)S(=O)(=O)CCCC(=O)c1ccc2c(-c3ccccc3Cl)nn(-c3ccc(F)cc3)c2c1. The van der Waals surface area contributed by atoms with Gasteiger partial charge in [-0.1, -0.05) is 35.9 Å². The van der Waals surface area contributed by atoms with Gasteiger partial charge in [-0.25, -0.2) is 21.8 Å². The molecule has 0 saturated carbocycles. The minimum Gasteiger partial charge on any atom is -0.294 e. The summed E-state index contributed by atoms with van der Waals surface area (Å²) in [7, 11) is -0.424. The van der Waals surface area contributed by atoms with Gasteiger partial charge in [0.25, 0.3) is 0 Å². The summed E-state index contributed by atoms with van der Waals surface area (Å²) in [4.78, 5) is 12.9. The maximum absolute atomic E-state index is 13.5. The molecule has 3 aromatic carbocycles. The molecule has 34 heavy (non-hydrogen) atoms. The van der Waals surface area contributed by atoms with Gasteiger partial charge in [0.05, 0.1) is 22.0 Å². The number of sulfonamides is 1. The Hall–Kier alpha value is -3.07. The second kappa shape index (κ2) is 9.66. The molecule has 4 rings (SSSR count). The first-order valence-electron chi connectivity index (χ1n) is 10.6. The minimum atomic E-state index is -3.36. The number of Topliss-reactive ketones (excluding diaryl/α,β-unsaturated/α-hetero) is 1. The summed E-state index contributed by atoms with van der Waals surface area (Å²) in [6.07, 6.45) is 0.320. The largest absolute Gasteiger partial charge is 0.294 e. The molecule has 0 amide bonds. The summed E-state index contributed by atoms with van der Waals surface area (Å²) in [5.41, 5.74) is 3.12. The van der Waals surface area contributed by atoms with Gasteiger partial charge in [0, 0.05) is 37.0 Å². The Morgan fingerprint density at radius 2 is 1.76 bits per heavy atom. The van der Waals surface area contributed by atoms with Gasteiger partial charge >= 0.3 is 0 Å². The van der Waals surface area contributed by atoms with Crippen LogP contribution in [-0.4, -0.2) is 48.1 Å². The van der Waals surface area contributed by atoms with E-state index in [1.807, 2.05) is 24.3 Å². The zero-order chi connectivity index (χ0) is 24.5. The summed E-state index contributed by atoms with van der Waals surface area (Å²) >= 11 is 6.43. The number of benzene rings is 3. The predicted octanol–water partition coefficient (Wildman–Crippen LogP) is 5.34. The monoisotopic (exact) mass is 499 g/mol. The first kappa shape index (κ1) is 24.1.